The SMILES string of the molecule is CSc1ccccc1-c1ccc(C=O)cc1F. The topological polar surface area (TPSA) is 17.1 Å². The largest absolute Gasteiger partial charge is 0.298 e. The number of hydrogen-bond acceptors (Lipinski definition) is 2. The molecule has 0 radical (unpaired) electrons. The lowest BCUT2D eigenvalue weighted by Crippen LogP contribution is -1.89. The molecular formula is C14H11FOS. The lowest BCUT2D eigenvalue weighted by atomic mass is 10.0. The minimum Gasteiger partial charge on any atom is -0.298 e. The van der Waals surface area contributed by atoms with Crippen LogP contribution in [0.3, 0.4) is 0 Å². The van der Waals surface area contributed by atoms with E-state index >= 15 is 0 Å². The highest BCUT2D eigenvalue weighted by molar-refractivity contribution is 7.98. The predicted molar refractivity (Wildman–Crippen MR) is 69.0 cm³/mol. The molecule has 0 amide bonds. The van der Waals surface area contributed by atoms with E-state index in [-0.39, 0.29) is 5.82 Å². The summed E-state index contributed by atoms with van der Waals surface area (Å²) < 4.78 is 13.9. The summed E-state index contributed by atoms with van der Waals surface area (Å²) in [6, 6.07) is 12.2. The summed E-state index contributed by atoms with van der Waals surface area (Å²) in [7, 11) is 0. The van der Waals surface area contributed by atoms with Crippen molar-refractivity contribution in [2.24, 2.45) is 0 Å². The summed E-state index contributed by atoms with van der Waals surface area (Å²) in [4.78, 5) is 11.6. The van der Waals surface area contributed by atoms with E-state index in [1.807, 2.05) is 30.5 Å². The first-order chi connectivity index (χ1) is 8.26. The number of carbonyl (C=O) groups excluding carboxylic acids is 1. The highest BCUT2D eigenvalue weighted by Gasteiger charge is 2.09. The van der Waals surface area contributed by atoms with Crippen LogP contribution in [0, 0.1) is 5.82 Å². The van der Waals surface area contributed by atoms with Crippen molar-refractivity contribution in [2.75, 3.05) is 6.26 Å². The molecule has 3 heteroatoms. The Balaban J connectivity index is 2.56. The molecule has 0 saturated carbocycles. The second kappa shape index (κ2) is 5.15. The molecule has 0 unspecified atom stereocenters. The van der Waals surface area contributed by atoms with E-state index in [1.165, 1.54) is 6.07 Å². The van der Waals surface area contributed by atoms with Crippen LogP contribution in [0.15, 0.2) is 47.4 Å². The molecular weight excluding hydrogens is 235 g/mol. The molecule has 0 aliphatic heterocycles. The second-order valence-electron chi connectivity index (χ2n) is 3.56. The second-order valence-corrected chi connectivity index (χ2v) is 4.41. The van der Waals surface area contributed by atoms with Crippen LogP contribution in [0.1, 0.15) is 10.4 Å². The lowest BCUT2D eigenvalue weighted by molar-refractivity contribution is 0.112. The number of halogens is 1. The van der Waals surface area contributed by atoms with E-state index < -0.39 is 0 Å². The maximum atomic E-state index is 13.9. The van der Waals surface area contributed by atoms with Crippen molar-refractivity contribution in [1.82, 2.24) is 0 Å². The molecule has 0 bridgehead atoms. The van der Waals surface area contributed by atoms with Gasteiger partial charge in [0.25, 0.3) is 0 Å². The summed E-state index contributed by atoms with van der Waals surface area (Å²) in [5.41, 5.74) is 1.74. The number of thioether (sulfide) groups is 1. The van der Waals surface area contributed by atoms with Crippen molar-refractivity contribution in [3.05, 3.63) is 53.8 Å². The maximum Gasteiger partial charge on any atom is 0.150 e. The molecule has 2 aromatic carbocycles. The Labute approximate surface area is 104 Å². The van der Waals surface area contributed by atoms with Gasteiger partial charge in [0.2, 0.25) is 0 Å². The molecule has 0 aliphatic rings. The van der Waals surface area contributed by atoms with Crippen LogP contribution in [-0.4, -0.2) is 12.5 Å². The Morgan fingerprint density at radius 2 is 1.88 bits per heavy atom. The molecule has 0 fully saturated rings. The maximum absolute atomic E-state index is 13.9. The number of carbonyl (C=O) groups is 1. The first kappa shape index (κ1) is 11.9. The summed E-state index contributed by atoms with van der Waals surface area (Å²) in [6.45, 7) is 0. The molecule has 0 N–H and O–H groups in total. The van der Waals surface area contributed by atoms with E-state index in [9.17, 15) is 9.18 Å². The molecule has 0 atom stereocenters. The Kier molecular flexibility index (Phi) is 3.59. The third-order valence-corrected chi connectivity index (χ3v) is 3.32. The van der Waals surface area contributed by atoms with Gasteiger partial charge in [0.15, 0.2) is 0 Å². The fraction of sp³-hybridized carbons (Fsp3) is 0.0714. The third-order valence-electron chi connectivity index (χ3n) is 2.53. The average Bonchev–Trinajstić information content (AvgIpc) is 2.38. The molecule has 0 spiro atoms. The highest BCUT2D eigenvalue weighted by Crippen LogP contribution is 2.31. The van der Waals surface area contributed by atoms with Gasteiger partial charge < -0.3 is 0 Å². The normalized spacial score (nSPS) is 10.2. The van der Waals surface area contributed by atoms with Crippen LogP contribution in [0.2, 0.25) is 0 Å². The fourth-order valence-electron chi connectivity index (χ4n) is 1.69. The van der Waals surface area contributed by atoms with Gasteiger partial charge >= 0.3 is 0 Å². The van der Waals surface area contributed by atoms with Gasteiger partial charge in [-0.1, -0.05) is 30.3 Å². The summed E-state index contributed by atoms with van der Waals surface area (Å²) in [5.74, 6) is -0.365. The van der Waals surface area contributed by atoms with Gasteiger partial charge in [0.05, 0.1) is 0 Å². The van der Waals surface area contributed by atoms with Crippen LogP contribution >= 0.6 is 11.8 Å². The number of hydrogen-bond donors (Lipinski definition) is 0. The van der Waals surface area contributed by atoms with Crippen molar-refractivity contribution < 1.29 is 9.18 Å². The van der Waals surface area contributed by atoms with E-state index in [1.54, 1.807) is 23.9 Å². The summed E-state index contributed by atoms with van der Waals surface area (Å²) in [6.07, 6.45) is 2.60. The van der Waals surface area contributed by atoms with Crippen LogP contribution in [0.5, 0.6) is 0 Å². The monoisotopic (exact) mass is 246 g/mol. The van der Waals surface area contributed by atoms with Crippen molar-refractivity contribution in [1.29, 1.82) is 0 Å². The molecule has 2 rings (SSSR count). The predicted octanol–water partition coefficient (Wildman–Crippen LogP) is 4.03. The van der Waals surface area contributed by atoms with Gasteiger partial charge in [-0.3, -0.25) is 4.79 Å². The highest BCUT2D eigenvalue weighted by atomic mass is 32.2. The van der Waals surface area contributed by atoms with E-state index in [4.69, 9.17) is 0 Å². The van der Waals surface area contributed by atoms with Crippen LogP contribution in [0.25, 0.3) is 11.1 Å². The minimum absolute atomic E-state index is 0.355. The molecule has 0 aromatic heterocycles. The minimum atomic E-state index is -0.365. The number of benzene rings is 2. The summed E-state index contributed by atoms with van der Waals surface area (Å²) in [5, 5.41) is 0. The Bertz CT molecular complexity index is 552. The van der Waals surface area contributed by atoms with Gasteiger partial charge in [0, 0.05) is 16.0 Å². The van der Waals surface area contributed by atoms with Crippen molar-refractivity contribution in [2.45, 2.75) is 4.90 Å². The van der Waals surface area contributed by atoms with E-state index in [0.29, 0.717) is 17.4 Å². The summed E-state index contributed by atoms with van der Waals surface area (Å²) >= 11 is 1.57. The fourth-order valence-corrected chi connectivity index (χ4v) is 2.30. The zero-order valence-electron chi connectivity index (χ0n) is 9.31. The molecule has 2 aromatic rings. The standard InChI is InChI=1S/C14H11FOS/c1-17-14-5-3-2-4-12(14)11-7-6-10(9-16)8-13(11)15/h2-9H,1H3. The smallest absolute Gasteiger partial charge is 0.150 e. The zero-order valence-corrected chi connectivity index (χ0v) is 10.1. The van der Waals surface area contributed by atoms with Crippen LogP contribution in [-0.2, 0) is 0 Å². The van der Waals surface area contributed by atoms with Gasteiger partial charge in [-0.2, -0.15) is 0 Å². The Hall–Kier alpha value is -1.61. The Morgan fingerprint density at radius 1 is 1.12 bits per heavy atom. The van der Waals surface area contributed by atoms with E-state index in [0.717, 1.165) is 10.5 Å². The first-order valence-corrected chi connectivity index (χ1v) is 6.37. The van der Waals surface area contributed by atoms with Crippen molar-refractivity contribution in [3.63, 3.8) is 0 Å². The van der Waals surface area contributed by atoms with Crippen molar-refractivity contribution in [3.8, 4) is 11.1 Å². The van der Waals surface area contributed by atoms with Gasteiger partial charge in [0.1, 0.15) is 12.1 Å². The van der Waals surface area contributed by atoms with Gasteiger partial charge in [-0.15, -0.1) is 11.8 Å². The number of rotatable bonds is 3. The Morgan fingerprint density at radius 3 is 2.53 bits per heavy atom. The quantitative estimate of drug-likeness (QED) is 0.601. The van der Waals surface area contributed by atoms with E-state index in [2.05, 4.69) is 0 Å². The average molecular weight is 246 g/mol. The number of aldehydes is 1. The third kappa shape index (κ3) is 2.39. The molecule has 0 heterocycles. The van der Waals surface area contributed by atoms with Gasteiger partial charge in [-0.25, -0.2) is 4.39 Å². The molecule has 17 heavy (non-hydrogen) atoms. The van der Waals surface area contributed by atoms with Crippen LogP contribution in [0.4, 0.5) is 4.39 Å². The first-order valence-electron chi connectivity index (χ1n) is 5.14. The zero-order chi connectivity index (χ0) is 12.3. The lowest BCUT2D eigenvalue weighted by Gasteiger charge is -2.08. The molecule has 0 saturated heterocycles. The molecule has 1 nitrogen and oxygen atoms in total. The van der Waals surface area contributed by atoms with Crippen LogP contribution < -0.4 is 0 Å². The van der Waals surface area contributed by atoms with Crippen molar-refractivity contribution >= 4 is 18.0 Å². The molecule has 86 valence electrons. The van der Waals surface area contributed by atoms with Gasteiger partial charge in [-0.05, 0) is 24.0 Å². The molecule has 0 aliphatic carbocycles.